The quantitative estimate of drug-likeness (QED) is 0.857. The highest BCUT2D eigenvalue weighted by atomic mass is 16.5. The average Bonchev–Trinajstić information content (AvgIpc) is 3.24. The number of carbonyl (C=O) groups excluding carboxylic acids is 2. The first kappa shape index (κ1) is 16.2. The van der Waals surface area contributed by atoms with Gasteiger partial charge in [0, 0.05) is 6.07 Å². The highest BCUT2D eigenvalue weighted by Crippen LogP contribution is 2.31. The van der Waals surface area contributed by atoms with Crippen molar-refractivity contribution in [1.82, 2.24) is 9.78 Å². The number of anilines is 1. The molecule has 1 fully saturated rings. The van der Waals surface area contributed by atoms with E-state index in [1.807, 2.05) is 23.7 Å². The Morgan fingerprint density at radius 2 is 1.92 bits per heavy atom. The number of esters is 1. The molecule has 1 aliphatic carbocycles. The number of ether oxygens (including phenoxy) is 1. The van der Waals surface area contributed by atoms with E-state index in [9.17, 15) is 9.59 Å². The van der Waals surface area contributed by atoms with E-state index in [2.05, 4.69) is 10.4 Å². The van der Waals surface area contributed by atoms with E-state index in [0.717, 1.165) is 18.4 Å². The molecule has 1 aromatic heterocycles. The van der Waals surface area contributed by atoms with E-state index >= 15 is 0 Å². The van der Waals surface area contributed by atoms with Crippen LogP contribution in [-0.2, 0) is 9.53 Å². The van der Waals surface area contributed by atoms with E-state index in [1.165, 1.54) is 12.8 Å². The van der Waals surface area contributed by atoms with Gasteiger partial charge in [-0.15, -0.1) is 0 Å². The summed E-state index contributed by atoms with van der Waals surface area (Å²) in [6.45, 7) is 1.62. The van der Waals surface area contributed by atoms with Gasteiger partial charge in [-0.25, -0.2) is 9.48 Å². The SMILES string of the molecule is Cc1ccc(C(=O)OCC(=O)Nc2ccnn2C2CCCC2)cc1. The van der Waals surface area contributed by atoms with Crippen molar-refractivity contribution in [2.24, 2.45) is 0 Å². The van der Waals surface area contributed by atoms with Crippen LogP contribution in [0.2, 0.25) is 0 Å². The van der Waals surface area contributed by atoms with Crippen molar-refractivity contribution in [3.8, 4) is 0 Å². The molecule has 1 amide bonds. The van der Waals surface area contributed by atoms with Crippen LogP contribution < -0.4 is 5.32 Å². The lowest BCUT2D eigenvalue weighted by atomic mass is 10.1. The number of hydrogen-bond donors (Lipinski definition) is 1. The predicted molar refractivity (Wildman–Crippen MR) is 89.8 cm³/mol. The van der Waals surface area contributed by atoms with E-state index in [-0.39, 0.29) is 12.5 Å². The molecule has 6 heteroatoms. The number of benzene rings is 1. The van der Waals surface area contributed by atoms with Crippen molar-refractivity contribution in [3.63, 3.8) is 0 Å². The molecule has 0 atom stereocenters. The van der Waals surface area contributed by atoms with Crippen LogP contribution in [0, 0.1) is 6.92 Å². The van der Waals surface area contributed by atoms with Crippen LogP contribution >= 0.6 is 0 Å². The lowest BCUT2D eigenvalue weighted by molar-refractivity contribution is -0.119. The molecular weight excluding hydrogens is 306 g/mol. The number of nitrogens with zero attached hydrogens (tertiary/aromatic N) is 2. The summed E-state index contributed by atoms with van der Waals surface area (Å²) in [6, 6.07) is 9.13. The summed E-state index contributed by atoms with van der Waals surface area (Å²) in [6.07, 6.45) is 6.20. The topological polar surface area (TPSA) is 73.2 Å². The van der Waals surface area contributed by atoms with Crippen molar-refractivity contribution in [1.29, 1.82) is 0 Å². The minimum absolute atomic E-state index is 0.317. The molecule has 1 N–H and O–H groups in total. The number of rotatable bonds is 5. The van der Waals surface area contributed by atoms with Gasteiger partial charge in [0.2, 0.25) is 0 Å². The number of nitrogens with one attached hydrogen (secondary N) is 1. The van der Waals surface area contributed by atoms with Gasteiger partial charge in [0.1, 0.15) is 5.82 Å². The van der Waals surface area contributed by atoms with Crippen molar-refractivity contribution in [3.05, 3.63) is 47.7 Å². The Hall–Kier alpha value is -2.63. The third-order valence-electron chi connectivity index (χ3n) is 4.23. The van der Waals surface area contributed by atoms with Crippen LogP contribution in [0.4, 0.5) is 5.82 Å². The minimum Gasteiger partial charge on any atom is -0.452 e. The monoisotopic (exact) mass is 327 g/mol. The molecule has 0 saturated heterocycles. The average molecular weight is 327 g/mol. The first-order valence-electron chi connectivity index (χ1n) is 8.20. The summed E-state index contributed by atoms with van der Waals surface area (Å²) in [5, 5.41) is 7.06. The molecular formula is C18H21N3O3. The second kappa shape index (κ2) is 7.29. The first-order chi connectivity index (χ1) is 11.6. The summed E-state index contributed by atoms with van der Waals surface area (Å²) < 4.78 is 6.92. The van der Waals surface area contributed by atoms with Gasteiger partial charge >= 0.3 is 5.97 Å². The molecule has 1 aromatic carbocycles. The van der Waals surface area contributed by atoms with Crippen LogP contribution in [0.15, 0.2) is 36.5 Å². The first-order valence-corrected chi connectivity index (χ1v) is 8.20. The molecule has 24 heavy (non-hydrogen) atoms. The number of hydrogen-bond acceptors (Lipinski definition) is 4. The van der Waals surface area contributed by atoms with Crippen molar-refractivity contribution >= 4 is 17.7 Å². The van der Waals surface area contributed by atoms with Gasteiger partial charge in [0.25, 0.3) is 5.91 Å². The van der Waals surface area contributed by atoms with Crippen molar-refractivity contribution in [2.45, 2.75) is 38.6 Å². The maximum Gasteiger partial charge on any atom is 0.338 e. The van der Waals surface area contributed by atoms with Crippen LogP contribution in [0.1, 0.15) is 47.6 Å². The molecule has 2 aromatic rings. The van der Waals surface area contributed by atoms with Crippen LogP contribution in [0.25, 0.3) is 0 Å². The highest BCUT2D eigenvalue weighted by Gasteiger charge is 2.20. The van der Waals surface area contributed by atoms with Crippen molar-refractivity contribution < 1.29 is 14.3 Å². The standard InChI is InChI=1S/C18H21N3O3/c1-13-6-8-14(9-7-13)18(23)24-12-17(22)20-16-10-11-19-21(16)15-4-2-3-5-15/h6-11,15H,2-5,12H2,1H3,(H,20,22). The molecule has 1 aliphatic rings. The summed E-state index contributed by atoms with van der Waals surface area (Å²) in [5.74, 6) is -0.219. The number of amides is 1. The van der Waals surface area contributed by atoms with E-state index < -0.39 is 5.97 Å². The normalized spacial score (nSPS) is 14.5. The van der Waals surface area contributed by atoms with E-state index in [0.29, 0.717) is 17.4 Å². The fraction of sp³-hybridized carbons (Fsp3) is 0.389. The van der Waals surface area contributed by atoms with Gasteiger partial charge in [-0.05, 0) is 31.9 Å². The Kier molecular flexibility index (Phi) is 4.93. The van der Waals surface area contributed by atoms with Gasteiger partial charge in [-0.1, -0.05) is 30.5 Å². The summed E-state index contributed by atoms with van der Waals surface area (Å²) >= 11 is 0. The fourth-order valence-corrected chi connectivity index (χ4v) is 2.94. The fourth-order valence-electron chi connectivity index (χ4n) is 2.94. The molecule has 0 aliphatic heterocycles. The number of aryl methyl sites for hydroxylation is 1. The predicted octanol–water partition coefficient (Wildman–Crippen LogP) is 3.10. The summed E-state index contributed by atoms with van der Waals surface area (Å²) in [7, 11) is 0. The largest absolute Gasteiger partial charge is 0.452 e. The summed E-state index contributed by atoms with van der Waals surface area (Å²) in [4.78, 5) is 24.0. The molecule has 126 valence electrons. The molecule has 1 heterocycles. The Labute approximate surface area is 140 Å². The van der Waals surface area contributed by atoms with Gasteiger partial charge in [0.05, 0.1) is 17.8 Å². The lowest BCUT2D eigenvalue weighted by Gasteiger charge is -2.14. The van der Waals surface area contributed by atoms with Gasteiger partial charge in [-0.2, -0.15) is 5.10 Å². The van der Waals surface area contributed by atoms with Crippen LogP contribution in [0.5, 0.6) is 0 Å². The lowest BCUT2D eigenvalue weighted by Crippen LogP contribution is -2.23. The summed E-state index contributed by atoms with van der Waals surface area (Å²) in [5.41, 5.74) is 1.49. The zero-order chi connectivity index (χ0) is 16.9. The zero-order valence-corrected chi connectivity index (χ0v) is 13.7. The third kappa shape index (κ3) is 3.82. The van der Waals surface area contributed by atoms with E-state index in [1.54, 1.807) is 24.4 Å². The number of aromatic nitrogens is 2. The second-order valence-electron chi connectivity index (χ2n) is 6.09. The smallest absolute Gasteiger partial charge is 0.338 e. The Bertz CT molecular complexity index is 715. The van der Waals surface area contributed by atoms with Crippen LogP contribution in [-0.4, -0.2) is 28.3 Å². The zero-order valence-electron chi connectivity index (χ0n) is 13.7. The molecule has 1 saturated carbocycles. The molecule has 0 unspecified atom stereocenters. The minimum atomic E-state index is -0.505. The van der Waals surface area contributed by atoms with Gasteiger partial charge in [-0.3, -0.25) is 4.79 Å². The molecule has 0 radical (unpaired) electrons. The van der Waals surface area contributed by atoms with E-state index in [4.69, 9.17) is 4.74 Å². The van der Waals surface area contributed by atoms with Crippen LogP contribution in [0.3, 0.4) is 0 Å². The molecule has 0 spiro atoms. The maximum absolute atomic E-state index is 12.0. The highest BCUT2D eigenvalue weighted by molar-refractivity contribution is 5.95. The number of carbonyl (C=O) groups is 2. The molecule has 6 nitrogen and oxygen atoms in total. The third-order valence-corrected chi connectivity index (χ3v) is 4.23. The van der Waals surface area contributed by atoms with Crippen molar-refractivity contribution in [2.75, 3.05) is 11.9 Å². The maximum atomic E-state index is 12.0. The van der Waals surface area contributed by atoms with Gasteiger partial charge in [0.15, 0.2) is 6.61 Å². The molecule has 0 bridgehead atoms. The second-order valence-corrected chi connectivity index (χ2v) is 6.09. The molecule has 3 rings (SSSR count). The Morgan fingerprint density at radius 3 is 2.62 bits per heavy atom. The Balaban J connectivity index is 1.53. The Morgan fingerprint density at radius 1 is 1.21 bits per heavy atom. The van der Waals surface area contributed by atoms with Gasteiger partial charge < -0.3 is 10.1 Å².